The maximum absolute atomic E-state index is 12.9. The van der Waals surface area contributed by atoms with Gasteiger partial charge in [-0.1, -0.05) is 6.07 Å². The van der Waals surface area contributed by atoms with Crippen LogP contribution in [0.1, 0.15) is 12.5 Å². The molecule has 0 radical (unpaired) electrons. The number of hydrogen-bond donors (Lipinski definition) is 0. The number of sulfonamides is 1. The van der Waals surface area contributed by atoms with Gasteiger partial charge in [-0.2, -0.15) is 4.31 Å². The molecule has 158 valence electrons. The number of rotatable bonds is 8. The lowest BCUT2D eigenvalue weighted by Crippen LogP contribution is -2.48. The molecule has 1 fully saturated rings. The first-order chi connectivity index (χ1) is 14.0. The van der Waals surface area contributed by atoms with Gasteiger partial charge in [0.1, 0.15) is 5.75 Å². The Hall–Kier alpha value is -2.29. The van der Waals surface area contributed by atoms with Crippen LogP contribution in [0.4, 0.5) is 0 Å². The zero-order chi connectivity index (χ0) is 20.9. The number of methoxy groups -OCH3 is 2. The third-order valence-electron chi connectivity index (χ3n) is 4.96. The smallest absolute Gasteiger partial charge is 0.243 e. The van der Waals surface area contributed by atoms with Crippen LogP contribution in [0, 0.1) is 0 Å². The van der Waals surface area contributed by atoms with Crippen LogP contribution in [0.5, 0.6) is 17.2 Å². The van der Waals surface area contributed by atoms with Gasteiger partial charge in [0.05, 0.1) is 25.7 Å². The highest BCUT2D eigenvalue weighted by atomic mass is 32.2. The molecule has 0 aliphatic carbocycles. The lowest BCUT2D eigenvalue weighted by molar-refractivity contribution is 0.181. The zero-order valence-electron chi connectivity index (χ0n) is 17.1. The van der Waals surface area contributed by atoms with Crippen LogP contribution >= 0.6 is 0 Å². The van der Waals surface area contributed by atoms with E-state index in [0.717, 1.165) is 17.9 Å². The lowest BCUT2D eigenvalue weighted by Gasteiger charge is -2.34. The molecule has 0 unspecified atom stereocenters. The van der Waals surface area contributed by atoms with E-state index in [4.69, 9.17) is 14.2 Å². The Morgan fingerprint density at radius 2 is 1.59 bits per heavy atom. The second-order valence-electron chi connectivity index (χ2n) is 6.77. The Bertz CT molecular complexity index is 907. The van der Waals surface area contributed by atoms with Crippen molar-refractivity contribution < 1.29 is 22.6 Å². The molecule has 1 aliphatic heterocycles. The molecule has 1 saturated heterocycles. The fraction of sp³-hybridized carbons (Fsp3) is 0.429. The molecule has 7 nitrogen and oxygen atoms in total. The van der Waals surface area contributed by atoms with E-state index in [9.17, 15) is 8.42 Å². The van der Waals surface area contributed by atoms with Crippen molar-refractivity contribution in [2.45, 2.75) is 18.4 Å². The fourth-order valence-electron chi connectivity index (χ4n) is 3.37. The molecule has 0 amide bonds. The van der Waals surface area contributed by atoms with Gasteiger partial charge in [-0.15, -0.1) is 0 Å². The topological polar surface area (TPSA) is 68.3 Å². The van der Waals surface area contributed by atoms with Crippen LogP contribution in [0.15, 0.2) is 47.4 Å². The first kappa shape index (κ1) is 21.4. The Morgan fingerprint density at radius 1 is 0.897 bits per heavy atom. The van der Waals surface area contributed by atoms with Gasteiger partial charge in [-0.25, -0.2) is 8.42 Å². The highest BCUT2D eigenvalue weighted by Gasteiger charge is 2.28. The van der Waals surface area contributed by atoms with E-state index in [1.165, 1.54) is 0 Å². The first-order valence-electron chi connectivity index (χ1n) is 9.64. The van der Waals surface area contributed by atoms with E-state index < -0.39 is 10.0 Å². The summed E-state index contributed by atoms with van der Waals surface area (Å²) in [6.45, 7) is 5.52. The van der Waals surface area contributed by atoms with E-state index in [1.54, 1.807) is 42.8 Å². The molecule has 2 aromatic carbocycles. The summed E-state index contributed by atoms with van der Waals surface area (Å²) in [7, 11) is -0.304. The molecular weight excluding hydrogens is 392 g/mol. The summed E-state index contributed by atoms with van der Waals surface area (Å²) in [6, 6.07) is 12.4. The van der Waals surface area contributed by atoms with Crippen molar-refractivity contribution >= 4 is 10.0 Å². The van der Waals surface area contributed by atoms with Gasteiger partial charge in [-0.05, 0) is 48.9 Å². The van der Waals surface area contributed by atoms with Crippen LogP contribution < -0.4 is 14.2 Å². The van der Waals surface area contributed by atoms with E-state index in [0.29, 0.717) is 49.2 Å². The third-order valence-corrected chi connectivity index (χ3v) is 6.88. The molecule has 8 heteroatoms. The summed E-state index contributed by atoms with van der Waals surface area (Å²) in [6.07, 6.45) is 0. The van der Waals surface area contributed by atoms with Gasteiger partial charge in [0.2, 0.25) is 10.0 Å². The quantitative estimate of drug-likeness (QED) is 0.654. The minimum atomic E-state index is -3.49. The molecule has 0 saturated carbocycles. The van der Waals surface area contributed by atoms with E-state index in [2.05, 4.69) is 4.90 Å². The van der Waals surface area contributed by atoms with Crippen LogP contribution in [0.25, 0.3) is 0 Å². The predicted molar refractivity (Wildman–Crippen MR) is 111 cm³/mol. The second-order valence-corrected chi connectivity index (χ2v) is 8.71. The van der Waals surface area contributed by atoms with Crippen LogP contribution in [-0.4, -0.2) is 64.6 Å². The lowest BCUT2D eigenvalue weighted by atomic mass is 10.1. The standard InChI is InChI=1S/C21H28N2O5S/c1-4-28-20-10-5-17(15-21(20)27-3)16-22-11-13-23(14-12-22)29(24,25)19-8-6-18(26-2)7-9-19/h5-10,15H,4,11-14,16H2,1-3H3. The van der Waals surface area contributed by atoms with Crippen molar-refractivity contribution in [2.75, 3.05) is 47.0 Å². The number of piperazine rings is 1. The fourth-order valence-corrected chi connectivity index (χ4v) is 4.79. The average Bonchev–Trinajstić information content (AvgIpc) is 2.75. The molecule has 0 atom stereocenters. The van der Waals surface area contributed by atoms with Crippen molar-refractivity contribution in [3.05, 3.63) is 48.0 Å². The van der Waals surface area contributed by atoms with Crippen LogP contribution in [0.2, 0.25) is 0 Å². The molecule has 3 rings (SSSR count). The van der Waals surface area contributed by atoms with Crippen molar-refractivity contribution in [1.82, 2.24) is 9.21 Å². The summed E-state index contributed by atoms with van der Waals surface area (Å²) in [5, 5.41) is 0. The van der Waals surface area contributed by atoms with Crippen molar-refractivity contribution in [2.24, 2.45) is 0 Å². The first-order valence-corrected chi connectivity index (χ1v) is 11.1. The Morgan fingerprint density at radius 3 is 2.17 bits per heavy atom. The van der Waals surface area contributed by atoms with Gasteiger partial charge >= 0.3 is 0 Å². The highest BCUT2D eigenvalue weighted by molar-refractivity contribution is 7.89. The largest absolute Gasteiger partial charge is 0.497 e. The molecule has 2 aromatic rings. The summed E-state index contributed by atoms with van der Waals surface area (Å²) >= 11 is 0. The van der Waals surface area contributed by atoms with Gasteiger partial charge in [0.15, 0.2) is 11.5 Å². The molecular formula is C21H28N2O5S. The summed E-state index contributed by atoms with van der Waals surface area (Å²) < 4.78 is 43.4. The minimum absolute atomic E-state index is 0.294. The molecule has 29 heavy (non-hydrogen) atoms. The summed E-state index contributed by atoms with van der Waals surface area (Å²) in [5.74, 6) is 2.08. The molecule has 0 spiro atoms. The monoisotopic (exact) mass is 420 g/mol. The maximum Gasteiger partial charge on any atom is 0.243 e. The average molecular weight is 421 g/mol. The number of benzene rings is 2. The number of ether oxygens (including phenoxy) is 3. The zero-order valence-corrected chi connectivity index (χ0v) is 17.9. The third kappa shape index (κ3) is 5.01. The number of hydrogen-bond acceptors (Lipinski definition) is 6. The summed E-state index contributed by atoms with van der Waals surface area (Å²) in [4.78, 5) is 2.54. The molecule has 0 bridgehead atoms. The Labute approximate surface area is 172 Å². The molecule has 1 heterocycles. The maximum atomic E-state index is 12.9. The highest BCUT2D eigenvalue weighted by Crippen LogP contribution is 2.29. The van der Waals surface area contributed by atoms with Gasteiger partial charge in [0.25, 0.3) is 0 Å². The van der Waals surface area contributed by atoms with Gasteiger partial charge in [0, 0.05) is 32.7 Å². The second kappa shape index (κ2) is 9.47. The van der Waals surface area contributed by atoms with Crippen molar-refractivity contribution in [1.29, 1.82) is 0 Å². The van der Waals surface area contributed by atoms with Crippen molar-refractivity contribution in [3.8, 4) is 17.2 Å². The molecule has 0 aromatic heterocycles. The minimum Gasteiger partial charge on any atom is -0.497 e. The normalized spacial score (nSPS) is 15.8. The molecule has 0 N–H and O–H groups in total. The van der Waals surface area contributed by atoms with E-state index in [1.807, 2.05) is 25.1 Å². The predicted octanol–water partition coefficient (Wildman–Crippen LogP) is 2.61. The Kier molecular flexibility index (Phi) is 7.00. The van der Waals surface area contributed by atoms with E-state index >= 15 is 0 Å². The van der Waals surface area contributed by atoms with E-state index in [-0.39, 0.29) is 0 Å². The van der Waals surface area contributed by atoms with Crippen molar-refractivity contribution in [3.63, 3.8) is 0 Å². The van der Waals surface area contributed by atoms with Gasteiger partial charge in [-0.3, -0.25) is 4.90 Å². The summed E-state index contributed by atoms with van der Waals surface area (Å²) in [5.41, 5.74) is 1.11. The van der Waals surface area contributed by atoms with Crippen LogP contribution in [-0.2, 0) is 16.6 Å². The van der Waals surface area contributed by atoms with Crippen LogP contribution in [0.3, 0.4) is 0 Å². The van der Waals surface area contributed by atoms with Gasteiger partial charge < -0.3 is 14.2 Å². The Balaban J connectivity index is 1.61. The number of nitrogens with zero attached hydrogens (tertiary/aromatic N) is 2. The molecule has 1 aliphatic rings. The SMILES string of the molecule is CCOc1ccc(CN2CCN(S(=O)(=O)c3ccc(OC)cc3)CC2)cc1OC.